The van der Waals surface area contributed by atoms with E-state index in [1.165, 1.54) is 12.1 Å². The summed E-state index contributed by atoms with van der Waals surface area (Å²) in [5, 5.41) is 0. The fourth-order valence-electron chi connectivity index (χ4n) is 1.40. The van der Waals surface area contributed by atoms with Crippen LogP contribution in [-0.2, 0) is 4.74 Å². The zero-order chi connectivity index (χ0) is 12.8. The molecule has 1 aromatic carbocycles. The molecule has 0 bridgehead atoms. The first kappa shape index (κ1) is 13.4. The molecule has 0 N–H and O–H groups in total. The fraction of sp³-hybridized carbons (Fsp3) is 0.385. The Morgan fingerprint density at radius 3 is 2.41 bits per heavy atom. The lowest BCUT2D eigenvalue weighted by atomic mass is 10.00. The Bertz CT molecular complexity index is 410. The van der Waals surface area contributed by atoms with Crippen molar-refractivity contribution in [2.45, 2.75) is 20.8 Å². The average molecular weight is 237 g/mol. The number of halogens is 1. The quantitative estimate of drug-likeness (QED) is 0.755. The summed E-state index contributed by atoms with van der Waals surface area (Å²) in [6, 6.07) is 5.90. The molecule has 0 atom stereocenters. The van der Waals surface area contributed by atoms with Crippen LogP contribution in [0, 0.1) is 11.7 Å². The van der Waals surface area contributed by atoms with Gasteiger partial charge in [-0.15, -0.1) is 0 Å². The van der Waals surface area contributed by atoms with Crippen LogP contribution in [0.25, 0.3) is 0 Å². The number of rotatable bonds is 3. The van der Waals surface area contributed by atoms with E-state index in [0.29, 0.717) is 5.71 Å². The molecule has 0 radical (unpaired) electrons. The van der Waals surface area contributed by atoms with Crippen molar-refractivity contribution in [2.24, 2.45) is 10.9 Å². The Hall–Kier alpha value is -1.71. The summed E-state index contributed by atoms with van der Waals surface area (Å²) in [7, 11) is 0. The van der Waals surface area contributed by atoms with Crippen molar-refractivity contribution < 1.29 is 13.9 Å². The van der Waals surface area contributed by atoms with Crippen molar-refractivity contribution in [1.82, 2.24) is 0 Å². The lowest BCUT2D eigenvalue weighted by Crippen LogP contribution is -2.13. The predicted molar refractivity (Wildman–Crippen MR) is 64.8 cm³/mol. The normalized spacial score (nSPS) is 11.7. The van der Waals surface area contributed by atoms with Gasteiger partial charge in [0.15, 0.2) is 0 Å². The van der Waals surface area contributed by atoms with E-state index >= 15 is 0 Å². The number of carbonyl (C=O) groups is 1. The molecule has 0 saturated heterocycles. The van der Waals surface area contributed by atoms with E-state index < -0.39 is 6.09 Å². The third kappa shape index (κ3) is 3.98. The largest absolute Gasteiger partial charge is 0.448 e. The maximum absolute atomic E-state index is 12.8. The molecule has 0 spiro atoms. The molecule has 1 aromatic rings. The zero-order valence-electron chi connectivity index (χ0n) is 10.2. The van der Waals surface area contributed by atoms with Crippen LogP contribution < -0.4 is 0 Å². The maximum Gasteiger partial charge on any atom is 0.433 e. The number of nitrogens with zero attached hydrogens (tertiary/aromatic N) is 1. The number of benzene rings is 1. The summed E-state index contributed by atoms with van der Waals surface area (Å²) in [6.07, 6.45) is -0.611. The molecular weight excluding hydrogens is 221 g/mol. The second kappa shape index (κ2) is 6.13. The zero-order valence-corrected chi connectivity index (χ0v) is 10.2. The SMILES string of the molecule is CCOC(=O)/N=C(\c1ccc(F)cc1)C(C)C. The van der Waals surface area contributed by atoms with Crippen LogP contribution in [0.4, 0.5) is 9.18 Å². The van der Waals surface area contributed by atoms with Crippen LogP contribution in [0.2, 0.25) is 0 Å². The molecule has 0 aliphatic rings. The first-order valence-electron chi connectivity index (χ1n) is 5.55. The fourth-order valence-corrected chi connectivity index (χ4v) is 1.40. The van der Waals surface area contributed by atoms with Gasteiger partial charge in [-0.1, -0.05) is 26.0 Å². The van der Waals surface area contributed by atoms with Crippen LogP contribution in [-0.4, -0.2) is 18.4 Å². The van der Waals surface area contributed by atoms with E-state index in [1.54, 1.807) is 19.1 Å². The van der Waals surface area contributed by atoms with E-state index in [-0.39, 0.29) is 18.3 Å². The highest BCUT2D eigenvalue weighted by Crippen LogP contribution is 2.11. The standard InChI is InChI=1S/C13H16FNO2/c1-4-17-13(16)15-12(9(2)3)10-5-7-11(14)8-6-10/h5-9H,4H2,1-3H3/b15-12-. The van der Waals surface area contributed by atoms with Gasteiger partial charge < -0.3 is 4.74 Å². The maximum atomic E-state index is 12.8. The van der Waals surface area contributed by atoms with Crippen molar-refractivity contribution >= 4 is 11.8 Å². The van der Waals surface area contributed by atoms with Crippen molar-refractivity contribution in [3.8, 4) is 0 Å². The summed E-state index contributed by atoms with van der Waals surface area (Å²) in [6.45, 7) is 5.85. The Kier molecular flexibility index (Phi) is 4.82. The van der Waals surface area contributed by atoms with Gasteiger partial charge in [-0.25, -0.2) is 9.18 Å². The molecule has 1 rings (SSSR count). The summed E-state index contributed by atoms with van der Waals surface area (Å²) in [5.74, 6) is -0.252. The van der Waals surface area contributed by atoms with Gasteiger partial charge in [-0.05, 0) is 30.5 Å². The monoisotopic (exact) mass is 237 g/mol. The molecular formula is C13H16FNO2. The van der Waals surface area contributed by atoms with Gasteiger partial charge >= 0.3 is 6.09 Å². The molecule has 0 fully saturated rings. The van der Waals surface area contributed by atoms with Crippen LogP contribution in [0.3, 0.4) is 0 Å². The second-order valence-electron chi connectivity index (χ2n) is 3.86. The number of aliphatic imine (C=N–C) groups is 1. The third-order valence-corrected chi connectivity index (χ3v) is 2.17. The molecule has 4 heteroatoms. The summed E-state index contributed by atoms with van der Waals surface area (Å²) in [4.78, 5) is 15.2. The summed E-state index contributed by atoms with van der Waals surface area (Å²) >= 11 is 0. The van der Waals surface area contributed by atoms with Crippen LogP contribution in [0.15, 0.2) is 29.3 Å². The number of amides is 1. The van der Waals surface area contributed by atoms with E-state index in [2.05, 4.69) is 4.99 Å². The van der Waals surface area contributed by atoms with Crippen LogP contribution in [0.1, 0.15) is 26.3 Å². The molecule has 3 nitrogen and oxygen atoms in total. The Labute approximate surface area is 100 Å². The van der Waals surface area contributed by atoms with Crippen molar-refractivity contribution in [3.63, 3.8) is 0 Å². The Morgan fingerprint density at radius 1 is 1.35 bits per heavy atom. The van der Waals surface area contributed by atoms with E-state index in [4.69, 9.17) is 4.74 Å². The molecule has 1 amide bonds. The van der Waals surface area contributed by atoms with Crippen molar-refractivity contribution in [3.05, 3.63) is 35.6 Å². The Morgan fingerprint density at radius 2 is 1.94 bits per heavy atom. The number of ether oxygens (including phenoxy) is 1. The molecule has 0 unspecified atom stereocenters. The lowest BCUT2D eigenvalue weighted by Gasteiger charge is -2.09. The molecule has 0 aliphatic carbocycles. The van der Waals surface area contributed by atoms with Gasteiger partial charge in [0.1, 0.15) is 5.82 Å². The highest BCUT2D eigenvalue weighted by molar-refractivity contribution is 6.06. The smallest absolute Gasteiger partial charge is 0.433 e. The minimum absolute atomic E-state index is 0.0601. The molecule has 0 saturated carbocycles. The minimum atomic E-state index is -0.611. The topological polar surface area (TPSA) is 38.7 Å². The second-order valence-corrected chi connectivity index (χ2v) is 3.86. The van der Waals surface area contributed by atoms with Crippen LogP contribution in [0.5, 0.6) is 0 Å². The lowest BCUT2D eigenvalue weighted by molar-refractivity contribution is 0.163. The van der Waals surface area contributed by atoms with Gasteiger partial charge in [0.2, 0.25) is 0 Å². The van der Waals surface area contributed by atoms with E-state index in [1.807, 2.05) is 13.8 Å². The van der Waals surface area contributed by atoms with Gasteiger partial charge in [-0.3, -0.25) is 0 Å². The highest BCUT2D eigenvalue weighted by atomic mass is 19.1. The predicted octanol–water partition coefficient (Wildman–Crippen LogP) is 3.43. The van der Waals surface area contributed by atoms with Crippen LogP contribution >= 0.6 is 0 Å². The molecule has 0 heterocycles. The highest BCUT2D eigenvalue weighted by Gasteiger charge is 2.11. The Balaban J connectivity index is 3.01. The molecule has 92 valence electrons. The first-order valence-corrected chi connectivity index (χ1v) is 5.55. The van der Waals surface area contributed by atoms with Gasteiger partial charge in [0, 0.05) is 0 Å². The summed E-state index contributed by atoms with van der Waals surface area (Å²) < 4.78 is 17.6. The number of hydrogen-bond donors (Lipinski definition) is 0. The van der Waals surface area contributed by atoms with Gasteiger partial charge in [0.05, 0.1) is 12.3 Å². The summed E-state index contributed by atoms with van der Waals surface area (Å²) in [5.41, 5.74) is 1.33. The van der Waals surface area contributed by atoms with E-state index in [0.717, 1.165) is 5.56 Å². The van der Waals surface area contributed by atoms with E-state index in [9.17, 15) is 9.18 Å². The number of hydrogen-bond acceptors (Lipinski definition) is 2. The van der Waals surface area contributed by atoms with Crippen molar-refractivity contribution in [1.29, 1.82) is 0 Å². The third-order valence-electron chi connectivity index (χ3n) is 2.17. The molecule has 17 heavy (non-hydrogen) atoms. The van der Waals surface area contributed by atoms with Crippen molar-refractivity contribution in [2.75, 3.05) is 6.61 Å². The first-order chi connectivity index (χ1) is 8.04. The number of carbonyl (C=O) groups excluding carboxylic acids is 1. The minimum Gasteiger partial charge on any atom is -0.448 e. The average Bonchev–Trinajstić information content (AvgIpc) is 2.27. The van der Waals surface area contributed by atoms with Gasteiger partial charge in [-0.2, -0.15) is 4.99 Å². The van der Waals surface area contributed by atoms with Gasteiger partial charge in [0.25, 0.3) is 0 Å². The molecule has 0 aliphatic heterocycles. The molecule has 0 aromatic heterocycles.